The van der Waals surface area contributed by atoms with Gasteiger partial charge in [0.15, 0.2) is 0 Å². The number of hydrogen-bond donors (Lipinski definition) is 1. The fourth-order valence-corrected chi connectivity index (χ4v) is 1.29. The first-order chi connectivity index (χ1) is 7.32. The zero-order valence-corrected chi connectivity index (χ0v) is 11.4. The Kier molecular flexibility index (Phi) is 6.78. The van der Waals surface area contributed by atoms with Gasteiger partial charge < -0.3 is 4.74 Å². The Morgan fingerprint density at radius 1 is 1.00 bits per heavy atom. The van der Waals surface area contributed by atoms with Crippen LogP contribution in [-0.4, -0.2) is 12.0 Å². The second kappa shape index (κ2) is 7.26. The number of hydrogen-bond acceptors (Lipinski definition) is 2. The fourth-order valence-electron chi connectivity index (χ4n) is 1.29. The zero-order valence-electron chi connectivity index (χ0n) is 11.4. The van der Waals surface area contributed by atoms with Crippen LogP contribution in [0.5, 0.6) is 0 Å². The Bertz CT molecular complexity index is 272. The van der Waals surface area contributed by atoms with E-state index in [4.69, 9.17) is 10.1 Å². The van der Waals surface area contributed by atoms with E-state index in [-0.39, 0.29) is 12.0 Å². The van der Waals surface area contributed by atoms with Gasteiger partial charge in [-0.1, -0.05) is 39.8 Å². The predicted octanol–water partition coefficient (Wildman–Crippen LogP) is 4.18. The van der Waals surface area contributed by atoms with E-state index < -0.39 is 0 Å². The van der Waals surface area contributed by atoms with Gasteiger partial charge in [0.25, 0.3) is 0 Å². The summed E-state index contributed by atoms with van der Waals surface area (Å²) in [5.41, 5.74) is 1.26. The minimum absolute atomic E-state index is 0.0636. The molecular weight excluding hydrogens is 198 g/mol. The van der Waals surface area contributed by atoms with Crippen molar-refractivity contribution in [2.24, 2.45) is 11.8 Å². The van der Waals surface area contributed by atoms with Gasteiger partial charge in [0.2, 0.25) is 5.90 Å². The average Bonchev–Trinajstić information content (AvgIpc) is 2.09. The summed E-state index contributed by atoms with van der Waals surface area (Å²) in [4.78, 5) is 0. The van der Waals surface area contributed by atoms with Crippen molar-refractivity contribution < 1.29 is 4.74 Å². The van der Waals surface area contributed by atoms with Crippen LogP contribution in [0.15, 0.2) is 23.8 Å². The van der Waals surface area contributed by atoms with Crippen LogP contribution < -0.4 is 0 Å². The maximum atomic E-state index is 7.60. The lowest BCUT2D eigenvalue weighted by molar-refractivity contribution is 0.228. The highest BCUT2D eigenvalue weighted by atomic mass is 16.5. The molecule has 0 saturated carbocycles. The monoisotopic (exact) mass is 223 g/mol. The minimum atomic E-state index is 0.0636. The largest absolute Gasteiger partial charge is 0.475 e. The molecule has 0 aromatic heterocycles. The van der Waals surface area contributed by atoms with Crippen molar-refractivity contribution in [2.75, 3.05) is 0 Å². The third-order valence-corrected chi connectivity index (χ3v) is 1.98. The van der Waals surface area contributed by atoms with E-state index >= 15 is 0 Å². The predicted molar refractivity (Wildman–Crippen MR) is 70.8 cm³/mol. The molecule has 0 aliphatic rings. The van der Waals surface area contributed by atoms with Crippen LogP contribution in [0.4, 0.5) is 0 Å². The van der Waals surface area contributed by atoms with Gasteiger partial charge in [-0.25, -0.2) is 0 Å². The van der Waals surface area contributed by atoms with E-state index in [1.807, 2.05) is 19.9 Å². The summed E-state index contributed by atoms with van der Waals surface area (Å²) in [6.45, 7) is 12.5. The van der Waals surface area contributed by atoms with Crippen LogP contribution in [-0.2, 0) is 4.74 Å². The molecule has 0 aliphatic carbocycles. The van der Waals surface area contributed by atoms with Gasteiger partial charge in [0.1, 0.15) is 0 Å². The lowest BCUT2D eigenvalue weighted by atomic mass is 9.99. The number of ether oxygens (including phenoxy) is 1. The zero-order chi connectivity index (χ0) is 12.7. The fraction of sp³-hybridized carbons (Fsp3) is 0.643. The molecule has 0 bridgehead atoms. The highest BCUT2D eigenvalue weighted by molar-refractivity contribution is 5.85. The lowest BCUT2D eigenvalue weighted by Gasteiger charge is -2.10. The molecule has 0 unspecified atom stereocenters. The van der Waals surface area contributed by atoms with Crippen molar-refractivity contribution in [1.29, 1.82) is 5.41 Å². The Balaban J connectivity index is 4.52. The molecule has 0 spiro atoms. The van der Waals surface area contributed by atoms with Crippen molar-refractivity contribution in [3.8, 4) is 0 Å². The smallest absolute Gasteiger partial charge is 0.205 e. The minimum Gasteiger partial charge on any atom is -0.475 e. The molecule has 0 aromatic rings. The van der Waals surface area contributed by atoms with Gasteiger partial charge in [-0.15, -0.1) is 0 Å². The second-order valence-electron chi connectivity index (χ2n) is 4.93. The molecule has 0 rings (SSSR count). The molecule has 0 saturated heterocycles. The van der Waals surface area contributed by atoms with E-state index in [9.17, 15) is 0 Å². The quantitative estimate of drug-likeness (QED) is 0.423. The third kappa shape index (κ3) is 7.27. The van der Waals surface area contributed by atoms with E-state index in [1.165, 1.54) is 5.57 Å². The molecule has 92 valence electrons. The van der Waals surface area contributed by atoms with Gasteiger partial charge >= 0.3 is 0 Å². The Hall–Kier alpha value is -1.05. The summed E-state index contributed by atoms with van der Waals surface area (Å²) >= 11 is 0. The average molecular weight is 223 g/mol. The van der Waals surface area contributed by atoms with E-state index in [1.54, 1.807) is 6.08 Å². The van der Waals surface area contributed by atoms with E-state index in [2.05, 4.69) is 33.8 Å². The second-order valence-corrected chi connectivity index (χ2v) is 4.93. The molecular formula is C14H25NO. The molecule has 0 atom stereocenters. The lowest BCUT2D eigenvalue weighted by Crippen LogP contribution is -2.08. The van der Waals surface area contributed by atoms with E-state index in [0.29, 0.717) is 11.8 Å². The van der Waals surface area contributed by atoms with Crippen LogP contribution >= 0.6 is 0 Å². The molecule has 1 N–H and O–H groups in total. The maximum Gasteiger partial charge on any atom is 0.205 e. The highest BCUT2D eigenvalue weighted by Gasteiger charge is 2.02. The standard InChI is InChI=1S/C14H25NO/c1-10(2)9-13(11(3)4)7-8-14(15)16-12(5)6/h7-12,15H,1-6H3/b8-7-,13-9+,15-14?. The van der Waals surface area contributed by atoms with Crippen LogP contribution in [0.1, 0.15) is 41.5 Å². The molecule has 0 heterocycles. The van der Waals surface area contributed by atoms with Gasteiger partial charge in [-0.3, -0.25) is 5.41 Å². The summed E-state index contributed by atoms with van der Waals surface area (Å²) < 4.78 is 5.25. The summed E-state index contributed by atoms with van der Waals surface area (Å²) in [5.74, 6) is 1.23. The first-order valence-electron chi connectivity index (χ1n) is 5.98. The number of allylic oxidation sites excluding steroid dienone is 3. The summed E-state index contributed by atoms with van der Waals surface area (Å²) in [6, 6.07) is 0. The van der Waals surface area contributed by atoms with Crippen molar-refractivity contribution in [3.63, 3.8) is 0 Å². The highest BCUT2D eigenvalue weighted by Crippen LogP contribution is 2.14. The Morgan fingerprint density at radius 3 is 1.94 bits per heavy atom. The molecule has 0 radical (unpaired) electrons. The molecule has 0 aromatic carbocycles. The molecule has 2 nitrogen and oxygen atoms in total. The first-order valence-corrected chi connectivity index (χ1v) is 5.98. The maximum absolute atomic E-state index is 7.60. The molecule has 2 heteroatoms. The van der Waals surface area contributed by atoms with Crippen molar-refractivity contribution in [2.45, 2.75) is 47.6 Å². The molecule has 16 heavy (non-hydrogen) atoms. The molecule has 0 fully saturated rings. The van der Waals surface area contributed by atoms with Crippen molar-refractivity contribution in [3.05, 3.63) is 23.8 Å². The van der Waals surface area contributed by atoms with Gasteiger partial charge in [-0.2, -0.15) is 0 Å². The summed E-state index contributed by atoms with van der Waals surface area (Å²) in [7, 11) is 0. The van der Waals surface area contributed by atoms with Crippen LogP contribution in [0.25, 0.3) is 0 Å². The van der Waals surface area contributed by atoms with Crippen molar-refractivity contribution >= 4 is 5.90 Å². The third-order valence-electron chi connectivity index (χ3n) is 1.98. The van der Waals surface area contributed by atoms with Crippen molar-refractivity contribution in [1.82, 2.24) is 0 Å². The van der Waals surface area contributed by atoms with Crippen LogP contribution in [0, 0.1) is 17.2 Å². The van der Waals surface area contributed by atoms with Crippen LogP contribution in [0.3, 0.4) is 0 Å². The topological polar surface area (TPSA) is 33.1 Å². The van der Waals surface area contributed by atoms with Gasteiger partial charge in [0.05, 0.1) is 6.10 Å². The summed E-state index contributed by atoms with van der Waals surface area (Å²) in [5, 5.41) is 7.60. The summed E-state index contributed by atoms with van der Waals surface area (Å²) in [6.07, 6.45) is 6.00. The number of nitrogens with one attached hydrogen (secondary N) is 1. The molecule has 0 aliphatic heterocycles. The number of rotatable bonds is 5. The SMILES string of the molecule is CC(C)/C=C(\C=C/C(=N)OC(C)C)C(C)C. The van der Waals surface area contributed by atoms with Gasteiger partial charge in [0, 0.05) is 0 Å². The Labute approximate surface area is 99.9 Å². The first kappa shape index (κ1) is 14.9. The van der Waals surface area contributed by atoms with Crippen LogP contribution in [0.2, 0.25) is 0 Å². The Morgan fingerprint density at radius 2 is 1.56 bits per heavy atom. The molecule has 0 amide bonds. The van der Waals surface area contributed by atoms with E-state index in [0.717, 1.165) is 0 Å². The normalized spacial score (nSPS) is 13.2. The van der Waals surface area contributed by atoms with Gasteiger partial charge in [-0.05, 0) is 37.3 Å².